The summed E-state index contributed by atoms with van der Waals surface area (Å²) in [6.45, 7) is 1.72. The molecule has 7 rings (SSSR count). The molecule has 1 saturated heterocycles. The van der Waals surface area contributed by atoms with E-state index in [9.17, 15) is 14.0 Å². The summed E-state index contributed by atoms with van der Waals surface area (Å²) >= 11 is 0. The Labute approximate surface area is 212 Å². The number of pyridine rings is 2. The smallest absolute Gasteiger partial charge is 0.242 e. The van der Waals surface area contributed by atoms with Crippen LogP contribution < -0.4 is 10.6 Å². The number of nitrogens with zero attached hydrogens (tertiary/aromatic N) is 3. The minimum atomic E-state index is -0.615. The summed E-state index contributed by atoms with van der Waals surface area (Å²) in [6.07, 6.45) is 2.97. The number of fused-ring (bicyclic) bond motifs is 4. The van der Waals surface area contributed by atoms with E-state index in [0.717, 1.165) is 38.9 Å². The number of anilines is 1. The van der Waals surface area contributed by atoms with Crippen LogP contribution in [0.4, 0.5) is 10.2 Å². The monoisotopic (exact) mass is 493 g/mol. The zero-order valence-corrected chi connectivity index (χ0v) is 20.0. The third-order valence-electron chi connectivity index (χ3n) is 7.91. The number of carbonyl (C=O) groups is 2. The number of nitrogens with one attached hydrogen (secondary N) is 2. The maximum absolute atomic E-state index is 13.5. The van der Waals surface area contributed by atoms with E-state index in [2.05, 4.69) is 38.7 Å². The zero-order valence-electron chi connectivity index (χ0n) is 20.0. The summed E-state index contributed by atoms with van der Waals surface area (Å²) in [5, 5.41) is 6.91. The first kappa shape index (κ1) is 22.1. The van der Waals surface area contributed by atoms with Crippen LogP contribution in [-0.2, 0) is 34.4 Å². The Bertz CT molecular complexity index is 1590. The first-order valence-electron chi connectivity index (χ1n) is 12.5. The number of aromatic nitrogens is 2. The van der Waals surface area contributed by atoms with Crippen LogP contribution in [0.15, 0.2) is 66.9 Å². The second-order valence-electron chi connectivity index (χ2n) is 10.1. The van der Waals surface area contributed by atoms with Crippen LogP contribution in [0, 0.1) is 5.82 Å². The topological polar surface area (TPSA) is 87.2 Å². The lowest BCUT2D eigenvalue weighted by Gasteiger charge is -2.35. The molecule has 4 aromatic rings. The number of halogens is 1. The Balaban J connectivity index is 1.20. The maximum Gasteiger partial charge on any atom is 0.242 e. The summed E-state index contributed by atoms with van der Waals surface area (Å²) in [6, 6.07) is 17.8. The van der Waals surface area contributed by atoms with Gasteiger partial charge in [0.05, 0.1) is 16.6 Å². The van der Waals surface area contributed by atoms with Crippen molar-refractivity contribution in [2.45, 2.75) is 30.8 Å². The van der Waals surface area contributed by atoms with E-state index >= 15 is 0 Å². The molecule has 2 N–H and O–H groups in total. The Morgan fingerprint density at radius 1 is 1.03 bits per heavy atom. The number of hydrogen-bond donors (Lipinski definition) is 2. The summed E-state index contributed by atoms with van der Waals surface area (Å²) in [7, 11) is 0. The van der Waals surface area contributed by atoms with Gasteiger partial charge in [0.25, 0.3) is 0 Å². The van der Waals surface area contributed by atoms with Gasteiger partial charge in [0.15, 0.2) is 0 Å². The molecule has 2 aromatic carbocycles. The van der Waals surface area contributed by atoms with Gasteiger partial charge in [0, 0.05) is 36.8 Å². The molecule has 37 heavy (non-hydrogen) atoms. The summed E-state index contributed by atoms with van der Waals surface area (Å²) in [5.74, 6) is 0.245. The predicted molar refractivity (Wildman–Crippen MR) is 136 cm³/mol. The van der Waals surface area contributed by atoms with Gasteiger partial charge in [-0.05, 0) is 65.9 Å². The van der Waals surface area contributed by atoms with Crippen molar-refractivity contribution in [2.24, 2.45) is 0 Å². The molecule has 184 valence electrons. The molecule has 1 unspecified atom stereocenters. The van der Waals surface area contributed by atoms with E-state index in [1.165, 1.54) is 12.1 Å². The quantitative estimate of drug-likeness (QED) is 0.457. The van der Waals surface area contributed by atoms with Crippen LogP contribution >= 0.6 is 0 Å². The molecule has 1 aliphatic carbocycles. The number of carbonyl (C=O) groups excluding carboxylic acids is 2. The molecule has 2 atom stereocenters. The van der Waals surface area contributed by atoms with Crippen LogP contribution in [0.25, 0.3) is 10.9 Å². The number of amides is 2. The molecular weight excluding hydrogens is 469 g/mol. The zero-order chi connectivity index (χ0) is 25.1. The number of benzene rings is 2. The third-order valence-corrected chi connectivity index (χ3v) is 7.91. The highest BCUT2D eigenvalue weighted by atomic mass is 19.1. The third kappa shape index (κ3) is 3.51. The van der Waals surface area contributed by atoms with Crippen molar-refractivity contribution >= 4 is 28.5 Å². The summed E-state index contributed by atoms with van der Waals surface area (Å²) in [4.78, 5) is 37.2. The fourth-order valence-electron chi connectivity index (χ4n) is 6.13. The van der Waals surface area contributed by atoms with Crippen LogP contribution in [-0.4, -0.2) is 39.8 Å². The highest BCUT2D eigenvalue weighted by molar-refractivity contribution is 6.06. The Morgan fingerprint density at radius 2 is 1.84 bits per heavy atom. The predicted octanol–water partition coefficient (Wildman–Crippen LogP) is 3.43. The lowest BCUT2D eigenvalue weighted by atomic mass is 9.79. The largest absolute Gasteiger partial charge is 0.353 e. The Kier molecular flexibility index (Phi) is 4.87. The SMILES string of the molecule is O=C1NCCN(Cc2ccc3cc4c(cc3n2)C[C@@]2(C4)C(=O)Nc3ncccc32)C1c1ccc(F)cc1. The highest BCUT2D eigenvalue weighted by Crippen LogP contribution is 2.47. The number of rotatable bonds is 3. The molecule has 4 heterocycles. The van der Waals surface area contributed by atoms with Gasteiger partial charge in [-0.15, -0.1) is 0 Å². The molecule has 2 aliphatic heterocycles. The Morgan fingerprint density at radius 3 is 2.68 bits per heavy atom. The van der Waals surface area contributed by atoms with Crippen molar-refractivity contribution in [1.29, 1.82) is 0 Å². The van der Waals surface area contributed by atoms with Gasteiger partial charge in [0.1, 0.15) is 17.7 Å². The van der Waals surface area contributed by atoms with Crippen LogP contribution in [0.2, 0.25) is 0 Å². The van der Waals surface area contributed by atoms with Gasteiger partial charge in [0.2, 0.25) is 11.8 Å². The van der Waals surface area contributed by atoms with Crippen LogP contribution in [0.3, 0.4) is 0 Å². The first-order chi connectivity index (χ1) is 18.0. The van der Waals surface area contributed by atoms with Gasteiger partial charge in [-0.1, -0.05) is 24.3 Å². The molecule has 2 amide bonds. The van der Waals surface area contributed by atoms with Gasteiger partial charge in [-0.2, -0.15) is 0 Å². The van der Waals surface area contributed by atoms with Crippen molar-refractivity contribution in [1.82, 2.24) is 20.2 Å². The Hall–Kier alpha value is -4.17. The van der Waals surface area contributed by atoms with E-state index in [-0.39, 0.29) is 17.6 Å². The van der Waals surface area contributed by atoms with Crippen molar-refractivity contribution in [3.05, 3.63) is 101 Å². The molecule has 2 aromatic heterocycles. The van der Waals surface area contributed by atoms with E-state index in [1.807, 2.05) is 18.2 Å². The molecule has 8 heteroatoms. The molecule has 0 saturated carbocycles. The van der Waals surface area contributed by atoms with Gasteiger partial charge >= 0.3 is 0 Å². The van der Waals surface area contributed by atoms with Crippen molar-refractivity contribution in [3.63, 3.8) is 0 Å². The van der Waals surface area contributed by atoms with Gasteiger partial charge in [-0.25, -0.2) is 9.37 Å². The first-order valence-corrected chi connectivity index (χ1v) is 12.5. The fraction of sp³-hybridized carbons (Fsp3) is 0.241. The lowest BCUT2D eigenvalue weighted by molar-refractivity contribution is -0.129. The highest BCUT2D eigenvalue weighted by Gasteiger charge is 2.51. The number of hydrogen-bond acceptors (Lipinski definition) is 5. The second kappa shape index (κ2) is 8.18. The normalized spacial score (nSPS) is 22.7. The van der Waals surface area contributed by atoms with E-state index in [0.29, 0.717) is 38.3 Å². The standard InChI is InChI=1S/C29H24FN5O2/c30-21-6-3-17(4-7-21)25-27(36)32-10-11-35(25)16-22-8-5-18-12-19-14-29(15-20(19)13-24(18)33-22)23-2-1-9-31-26(23)34-28(29)37/h1-9,12-13,25H,10-11,14-16H2,(H,32,36)(H,31,34,37)/t25?,29-/m1/s1. The molecule has 0 radical (unpaired) electrons. The average Bonchev–Trinajstić information content (AvgIpc) is 3.40. The van der Waals surface area contributed by atoms with Crippen molar-refractivity contribution in [3.8, 4) is 0 Å². The van der Waals surface area contributed by atoms with Gasteiger partial charge < -0.3 is 10.6 Å². The van der Waals surface area contributed by atoms with E-state index in [1.54, 1.807) is 18.3 Å². The molecule has 0 bridgehead atoms. The fourth-order valence-corrected chi connectivity index (χ4v) is 6.13. The molecule has 3 aliphatic rings. The summed E-state index contributed by atoms with van der Waals surface area (Å²) in [5.41, 5.74) is 5.13. The van der Waals surface area contributed by atoms with E-state index < -0.39 is 11.5 Å². The lowest BCUT2D eigenvalue weighted by Crippen LogP contribution is -2.49. The van der Waals surface area contributed by atoms with Crippen LogP contribution in [0.1, 0.15) is 34.0 Å². The minimum absolute atomic E-state index is 0.00492. The van der Waals surface area contributed by atoms with Gasteiger partial charge in [-0.3, -0.25) is 19.5 Å². The van der Waals surface area contributed by atoms with Crippen molar-refractivity contribution in [2.75, 3.05) is 18.4 Å². The summed E-state index contributed by atoms with van der Waals surface area (Å²) < 4.78 is 13.5. The molecular formula is C29H24FN5O2. The average molecular weight is 494 g/mol. The number of piperazine rings is 1. The second-order valence-corrected chi connectivity index (χ2v) is 10.1. The molecule has 1 fully saturated rings. The maximum atomic E-state index is 13.5. The molecule has 7 nitrogen and oxygen atoms in total. The van der Waals surface area contributed by atoms with Crippen molar-refractivity contribution < 1.29 is 14.0 Å². The minimum Gasteiger partial charge on any atom is -0.353 e. The van der Waals surface area contributed by atoms with E-state index in [4.69, 9.17) is 4.98 Å². The van der Waals surface area contributed by atoms with Crippen LogP contribution in [0.5, 0.6) is 0 Å². The molecule has 1 spiro atoms.